The molecule has 0 heterocycles. The Labute approximate surface area is 90.4 Å². The van der Waals surface area contributed by atoms with E-state index in [0.717, 1.165) is 11.4 Å². The molecule has 1 fully saturated rings. The Morgan fingerprint density at radius 1 is 1.40 bits per heavy atom. The van der Waals surface area contributed by atoms with Gasteiger partial charge in [-0.3, -0.25) is 4.99 Å². The van der Waals surface area contributed by atoms with E-state index in [9.17, 15) is 0 Å². The maximum absolute atomic E-state index is 5.51. The summed E-state index contributed by atoms with van der Waals surface area (Å²) in [5.41, 5.74) is 6.28. The second-order valence-electron chi connectivity index (χ2n) is 4.17. The number of hydrogen-bond donors (Lipinski definition) is 2. The Bertz CT molecular complexity index is 392. The molecule has 1 saturated carbocycles. The number of nitrogens with two attached hydrogens (primary N) is 1. The molecule has 0 bridgehead atoms. The monoisotopic (exact) mass is 203 g/mol. The molecule has 0 atom stereocenters. The largest absolute Gasteiger partial charge is 0.308 e. The predicted octanol–water partition coefficient (Wildman–Crippen LogP) is 1.68. The van der Waals surface area contributed by atoms with Crippen LogP contribution in [0.1, 0.15) is 29.5 Å². The molecule has 3 N–H and O–H groups in total. The zero-order valence-electron chi connectivity index (χ0n) is 9.25. The topological polar surface area (TPSA) is 50.4 Å². The zero-order valence-corrected chi connectivity index (χ0v) is 9.25. The first-order valence-corrected chi connectivity index (χ1v) is 5.33. The molecule has 3 heteroatoms. The number of nitrogens with zero attached hydrogens (tertiary/aromatic N) is 1. The van der Waals surface area contributed by atoms with Crippen molar-refractivity contribution in [2.24, 2.45) is 10.8 Å². The summed E-state index contributed by atoms with van der Waals surface area (Å²) in [5.74, 6) is 6.32. The van der Waals surface area contributed by atoms with E-state index in [1.807, 2.05) is 0 Å². The molecule has 0 spiro atoms. The maximum Gasteiger partial charge on any atom is 0.143 e. The van der Waals surface area contributed by atoms with Crippen LogP contribution in [0.25, 0.3) is 0 Å². The highest BCUT2D eigenvalue weighted by Crippen LogP contribution is 2.24. The van der Waals surface area contributed by atoms with Gasteiger partial charge in [-0.15, -0.1) is 0 Å². The first kappa shape index (κ1) is 10.2. The Hall–Kier alpha value is -1.35. The van der Waals surface area contributed by atoms with Crippen LogP contribution in [0, 0.1) is 13.8 Å². The molecule has 1 aromatic rings. The minimum absolute atomic E-state index is 0.483. The third kappa shape index (κ3) is 2.36. The lowest BCUT2D eigenvalue weighted by Crippen LogP contribution is -2.32. The Balaban J connectivity index is 2.33. The lowest BCUT2D eigenvalue weighted by atomic mass is 10.1. The molecule has 0 saturated heterocycles. The van der Waals surface area contributed by atoms with Gasteiger partial charge in [0.15, 0.2) is 0 Å². The van der Waals surface area contributed by atoms with Crippen molar-refractivity contribution < 1.29 is 0 Å². The van der Waals surface area contributed by atoms with Gasteiger partial charge < -0.3 is 5.43 Å². The third-order valence-electron chi connectivity index (χ3n) is 2.63. The Kier molecular flexibility index (Phi) is 2.73. The van der Waals surface area contributed by atoms with E-state index < -0.39 is 0 Å². The quantitative estimate of drug-likeness (QED) is 0.332. The van der Waals surface area contributed by atoms with Crippen LogP contribution in [0.15, 0.2) is 23.2 Å². The van der Waals surface area contributed by atoms with Gasteiger partial charge in [-0.25, -0.2) is 5.84 Å². The van der Waals surface area contributed by atoms with Gasteiger partial charge >= 0.3 is 0 Å². The van der Waals surface area contributed by atoms with E-state index in [-0.39, 0.29) is 0 Å². The summed E-state index contributed by atoms with van der Waals surface area (Å²) in [6.07, 6.45) is 2.38. The van der Waals surface area contributed by atoms with Gasteiger partial charge in [-0.1, -0.05) is 23.8 Å². The van der Waals surface area contributed by atoms with Crippen LogP contribution in [0.5, 0.6) is 0 Å². The summed E-state index contributed by atoms with van der Waals surface area (Å²) in [6.45, 7) is 4.17. The SMILES string of the molecule is Cc1ccc(C(=NC2CC2)NN)c(C)c1. The van der Waals surface area contributed by atoms with Crippen molar-refractivity contribution in [2.75, 3.05) is 0 Å². The number of nitrogens with one attached hydrogen (secondary N) is 1. The molecule has 80 valence electrons. The lowest BCUT2D eigenvalue weighted by molar-refractivity contribution is 0.969. The van der Waals surface area contributed by atoms with Gasteiger partial charge in [0, 0.05) is 5.56 Å². The highest BCUT2D eigenvalue weighted by atomic mass is 15.3. The first-order chi connectivity index (χ1) is 7.20. The van der Waals surface area contributed by atoms with E-state index in [1.165, 1.54) is 24.0 Å². The second kappa shape index (κ2) is 4.03. The molecule has 1 aliphatic carbocycles. The number of aryl methyl sites for hydroxylation is 2. The summed E-state index contributed by atoms with van der Waals surface area (Å²) >= 11 is 0. The number of aliphatic imine (C=N–C) groups is 1. The standard InChI is InChI=1S/C12H17N3/c1-8-3-6-11(9(2)7-8)12(15-13)14-10-4-5-10/h3,6-7,10H,4-5,13H2,1-2H3,(H,14,15). The molecule has 1 aliphatic rings. The second-order valence-corrected chi connectivity index (χ2v) is 4.17. The highest BCUT2D eigenvalue weighted by molar-refractivity contribution is 5.99. The van der Waals surface area contributed by atoms with Crippen LogP contribution >= 0.6 is 0 Å². The molecule has 3 nitrogen and oxygen atoms in total. The Morgan fingerprint density at radius 3 is 2.67 bits per heavy atom. The van der Waals surface area contributed by atoms with Gasteiger partial charge in [-0.05, 0) is 32.3 Å². The van der Waals surface area contributed by atoms with Gasteiger partial charge in [-0.2, -0.15) is 0 Å². The molecule has 0 unspecified atom stereocenters. The number of hydrogen-bond acceptors (Lipinski definition) is 2. The van der Waals surface area contributed by atoms with Crippen molar-refractivity contribution in [3.63, 3.8) is 0 Å². The van der Waals surface area contributed by atoms with Crippen LogP contribution in [-0.2, 0) is 0 Å². The minimum atomic E-state index is 0.483. The predicted molar refractivity (Wildman–Crippen MR) is 62.8 cm³/mol. The lowest BCUT2D eigenvalue weighted by Gasteiger charge is -2.09. The molecule has 1 aromatic carbocycles. The summed E-state index contributed by atoms with van der Waals surface area (Å²) in [5, 5.41) is 0. The molecular formula is C12H17N3. The molecule has 0 amide bonds. The highest BCUT2D eigenvalue weighted by Gasteiger charge is 2.21. The van der Waals surface area contributed by atoms with E-state index in [1.54, 1.807) is 0 Å². The molecule has 2 rings (SSSR count). The molecule has 0 radical (unpaired) electrons. The fourth-order valence-corrected chi connectivity index (χ4v) is 1.65. The van der Waals surface area contributed by atoms with E-state index >= 15 is 0 Å². The van der Waals surface area contributed by atoms with Gasteiger partial charge in [0.2, 0.25) is 0 Å². The zero-order chi connectivity index (χ0) is 10.8. The third-order valence-corrected chi connectivity index (χ3v) is 2.63. The van der Waals surface area contributed by atoms with Crippen LogP contribution in [-0.4, -0.2) is 11.9 Å². The normalized spacial score (nSPS) is 16.6. The summed E-state index contributed by atoms with van der Waals surface area (Å²) < 4.78 is 0. The average Bonchev–Trinajstić information content (AvgIpc) is 2.99. The van der Waals surface area contributed by atoms with Crippen molar-refractivity contribution in [3.05, 3.63) is 34.9 Å². The Morgan fingerprint density at radius 2 is 2.13 bits per heavy atom. The van der Waals surface area contributed by atoms with E-state index in [2.05, 4.69) is 42.5 Å². The van der Waals surface area contributed by atoms with Crippen LogP contribution in [0.4, 0.5) is 0 Å². The maximum atomic E-state index is 5.51. The fraction of sp³-hybridized carbons (Fsp3) is 0.417. The van der Waals surface area contributed by atoms with Gasteiger partial charge in [0.1, 0.15) is 5.84 Å². The number of benzene rings is 1. The minimum Gasteiger partial charge on any atom is -0.308 e. The summed E-state index contributed by atoms with van der Waals surface area (Å²) in [7, 11) is 0. The fourth-order valence-electron chi connectivity index (χ4n) is 1.65. The van der Waals surface area contributed by atoms with E-state index in [0.29, 0.717) is 6.04 Å². The van der Waals surface area contributed by atoms with Gasteiger partial charge in [0.05, 0.1) is 6.04 Å². The van der Waals surface area contributed by atoms with E-state index in [4.69, 9.17) is 5.84 Å². The van der Waals surface area contributed by atoms with Crippen LogP contribution < -0.4 is 11.3 Å². The van der Waals surface area contributed by atoms with Crippen molar-refractivity contribution >= 4 is 5.84 Å². The number of amidine groups is 1. The average molecular weight is 203 g/mol. The van der Waals surface area contributed by atoms with Crippen LogP contribution in [0.3, 0.4) is 0 Å². The molecule has 15 heavy (non-hydrogen) atoms. The molecular weight excluding hydrogens is 186 g/mol. The van der Waals surface area contributed by atoms with Crippen molar-refractivity contribution in [2.45, 2.75) is 32.7 Å². The van der Waals surface area contributed by atoms with Crippen LogP contribution in [0.2, 0.25) is 0 Å². The smallest absolute Gasteiger partial charge is 0.143 e. The van der Waals surface area contributed by atoms with Crippen molar-refractivity contribution in [1.29, 1.82) is 0 Å². The molecule has 0 aromatic heterocycles. The molecule has 0 aliphatic heterocycles. The van der Waals surface area contributed by atoms with Crippen molar-refractivity contribution in [3.8, 4) is 0 Å². The summed E-state index contributed by atoms with van der Waals surface area (Å²) in [4.78, 5) is 4.55. The number of rotatable bonds is 2. The summed E-state index contributed by atoms with van der Waals surface area (Å²) in [6, 6.07) is 6.79. The van der Waals surface area contributed by atoms with Gasteiger partial charge in [0.25, 0.3) is 0 Å². The van der Waals surface area contributed by atoms with Crippen molar-refractivity contribution in [1.82, 2.24) is 5.43 Å². The number of hydrazine groups is 1. The first-order valence-electron chi connectivity index (χ1n) is 5.33.